The number of anilines is 2. The maximum atomic E-state index is 13.2. The van der Waals surface area contributed by atoms with E-state index in [9.17, 15) is 19.2 Å². The fourth-order valence-electron chi connectivity index (χ4n) is 5.70. The van der Waals surface area contributed by atoms with E-state index in [0.29, 0.717) is 11.4 Å². The second-order valence-corrected chi connectivity index (χ2v) is 9.42. The van der Waals surface area contributed by atoms with Crippen LogP contribution < -0.4 is 10.2 Å². The number of carbonyl (C=O) groups excluding carboxylic acids is 4. The molecule has 3 amide bonds. The zero-order chi connectivity index (χ0) is 24.1. The Labute approximate surface area is 197 Å². The van der Waals surface area contributed by atoms with E-state index in [0.717, 1.165) is 17.5 Å². The van der Waals surface area contributed by atoms with E-state index in [2.05, 4.69) is 11.4 Å². The van der Waals surface area contributed by atoms with Gasteiger partial charge in [-0.25, -0.2) is 9.69 Å². The number of allylic oxidation sites excluding steroid dienone is 2. The van der Waals surface area contributed by atoms with Crippen molar-refractivity contribution in [1.29, 1.82) is 0 Å². The molecule has 1 N–H and O–H groups in total. The average molecular weight is 459 g/mol. The largest absolute Gasteiger partial charge is 0.452 e. The third kappa shape index (κ3) is 3.52. The molecular formula is C27H26N2O5. The van der Waals surface area contributed by atoms with Crippen LogP contribution >= 0.6 is 0 Å². The number of nitrogens with one attached hydrogen (secondary N) is 1. The summed E-state index contributed by atoms with van der Waals surface area (Å²) in [6.45, 7) is 5.35. The molecule has 2 fully saturated rings. The molecule has 1 saturated heterocycles. The third-order valence-corrected chi connectivity index (χ3v) is 7.30. The first kappa shape index (κ1) is 22.1. The molecule has 7 nitrogen and oxygen atoms in total. The fraction of sp³-hybridized carbons (Fsp3) is 0.333. The van der Waals surface area contributed by atoms with Crippen LogP contribution in [0.2, 0.25) is 0 Å². The summed E-state index contributed by atoms with van der Waals surface area (Å²) in [5, 5.41) is 2.77. The molecule has 2 aliphatic carbocycles. The highest BCUT2D eigenvalue weighted by Crippen LogP contribution is 2.55. The lowest BCUT2D eigenvalue weighted by atomic mass is 9.82. The van der Waals surface area contributed by atoms with Crippen molar-refractivity contribution in [3.8, 4) is 0 Å². The van der Waals surface area contributed by atoms with E-state index >= 15 is 0 Å². The van der Waals surface area contributed by atoms with Crippen LogP contribution in [-0.4, -0.2) is 30.3 Å². The normalized spacial score (nSPS) is 24.8. The smallest absolute Gasteiger partial charge is 0.338 e. The molecule has 7 heteroatoms. The van der Waals surface area contributed by atoms with E-state index in [-0.39, 0.29) is 41.0 Å². The van der Waals surface area contributed by atoms with Crippen molar-refractivity contribution < 1.29 is 23.9 Å². The maximum Gasteiger partial charge on any atom is 0.338 e. The molecule has 1 heterocycles. The number of aryl methyl sites for hydroxylation is 2. The second kappa shape index (κ2) is 8.24. The molecule has 0 aromatic heterocycles. The van der Waals surface area contributed by atoms with Crippen LogP contribution in [0.15, 0.2) is 54.1 Å². The standard InChI is InChI=1S/C27H26N2O5/c1-14-6-4-7-15(2)24(14)28-21(30)13-34-27(33)17-8-5-9-19(11-17)29-25(31)22-18-10-16(3)20(12-18)23(22)26(29)32/h4-11,18,20,22-23H,12-13H2,1-3H3,(H,28,30)/t18-,20+,22+,23+/m0/s1. The number of rotatable bonds is 5. The number of benzene rings is 2. The monoisotopic (exact) mass is 458 g/mol. The van der Waals surface area contributed by atoms with Gasteiger partial charge in [-0.05, 0) is 68.4 Å². The predicted octanol–water partition coefficient (Wildman–Crippen LogP) is 3.80. The first-order valence-electron chi connectivity index (χ1n) is 11.5. The van der Waals surface area contributed by atoms with Crippen molar-refractivity contribution in [3.63, 3.8) is 0 Å². The third-order valence-electron chi connectivity index (χ3n) is 7.30. The van der Waals surface area contributed by atoms with E-state index in [1.54, 1.807) is 12.1 Å². The molecule has 2 bridgehead atoms. The van der Waals surface area contributed by atoms with Crippen LogP contribution in [0.25, 0.3) is 0 Å². The summed E-state index contributed by atoms with van der Waals surface area (Å²) >= 11 is 0. The Kier molecular flexibility index (Phi) is 5.35. The number of esters is 1. The van der Waals surface area contributed by atoms with E-state index in [1.165, 1.54) is 22.6 Å². The summed E-state index contributed by atoms with van der Waals surface area (Å²) in [6, 6.07) is 11.9. The Morgan fingerprint density at radius 3 is 2.41 bits per heavy atom. The fourth-order valence-corrected chi connectivity index (χ4v) is 5.70. The predicted molar refractivity (Wildman–Crippen MR) is 126 cm³/mol. The average Bonchev–Trinajstić information content (AvgIpc) is 3.45. The molecular weight excluding hydrogens is 432 g/mol. The number of nitrogens with zero attached hydrogens (tertiary/aromatic N) is 1. The molecule has 0 radical (unpaired) electrons. The van der Waals surface area contributed by atoms with Gasteiger partial charge in [0, 0.05) is 5.69 Å². The Balaban J connectivity index is 1.27. The molecule has 5 rings (SSSR count). The Hall–Kier alpha value is -3.74. The first-order valence-corrected chi connectivity index (χ1v) is 11.5. The molecule has 0 spiro atoms. The molecule has 2 aromatic rings. The van der Waals surface area contributed by atoms with Gasteiger partial charge in [-0.15, -0.1) is 0 Å². The molecule has 34 heavy (non-hydrogen) atoms. The van der Waals surface area contributed by atoms with Crippen LogP contribution in [0.4, 0.5) is 11.4 Å². The van der Waals surface area contributed by atoms with Crippen molar-refractivity contribution in [3.05, 3.63) is 70.8 Å². The molecule has 2 aromatic carbocycles. The van der Waals surface area contributed by atoms with Gasteiger partial charge in [-0.3, -0.25) is 14.4 Å². The molecule has 174 valence electrons. The lowest BCUT2D eigenvalue weighted by molar-refractivity contribution is -0.123. The Morgan fingerprint density at radius 1 is 1.00 bits per heavy atom. The number of hydrogen-bond donors (Lipinski definition) is 1. The SMILES string of the molecule is CC1=C[C@H]2C[C@H]1[C@H]1C(=O)N(c3cccc(C(=O)OCC(=O)Nc4c(C)cccc4C)c3)C(=O)[C@@H]12. The highest BCUT2D eigenvalue weighted by Gasteiger charge is 2.60. The summed E-state index contributed by atoms with van der Waals surface area (Å²) in [7, 11) is 0. The van der Waals surface area contributed by atoms with Crippen molar-refractivity contribution >= 4 is 35.1 Å². The summed E-state index contributed by atoms with van der Waals surface area (Å²) in [5.74, 6) is -1.94. The Morgan fingerprint density at radius 2 is 1.68 bits per heavy atom. The lowest BCUT2D eigenvalue weighted by Crippen LogP contribution is -2.33. The molecule has 4 atom stereocenters. The number of hydrogen-bond acceptors (Lipinski definition) is 5. The minimum Gasteiger partial charge on any atom is -0.452 e. The van der Waals surface area contributed by atoms with E-state index in [1.807, 2.05) is 39.0 Å². The summed E-state index contributed by atoms with van der Waals surface area (Å²) in [5.41, 5.74) is 4.24. The molecule has 3 aliphatic rings. The highest BCUT2D eigenvalue weighted by molar-refractivity contribution is 6.23. The van der Waals surface area contributed by atoms with Gasteiger partial charge < -0.3 is 10.1 Å². The van der Waals surface area contributed by atoms with Gasteiger partial charge in [0.1, 0.15) is 0 Å². The van der Waals surface area contributed by atoms with Gasteiger partial charge in [-0.2, -0.15) is 0 Å². The van der Waals surface area contributed by atoms with Crippen molar-refractivity contribution in [1.82, 2.24) is 0 Å². The highest BCUT2D eigenvalue weighted by atomic mass is 16.5. The van der Waals surface area contributed by atoms with Gasteiger partial charge in [-0.1, -0.05) is 35.9 Å². The van der Waals surface area contributed by atoms with Gasteiger partial charge in [0.25, 0.3) is 5.91 Å². The maximum absolute atomic E-state index is 13.2. The van der Waals surface area contributed by atoms with Crippen molar-refractivity contribution in [2.45, 2.75) is 27.2 Å². The minimum absolute atomic E-state index is 0.111. The van der Waals surface area contributed by atoms with E-state index < -0.39 is 18.5 Å². The summed E-state index contributed by atoms with van der Waals surface area (Å²) in [6.07, 6.45) is 2.99. The first-order chi connectivity index (χ1) is 16.3. The van der Waals surface area contributed by atoms with E-state index in [4.69, 9.17) is 4.74 Å². The zero-order valence-electron chi connectivity index (χ0n) is 19.3. The zero-order valence-corrected chi connectivity index (χ0v) is 19.3. The molecule has 1 aliphatic heterocycles. The van der Waals surface area contributed by atoms with Gasteiger partial charge in [0.15, 0.2) is 6.61 Å². The van der Waals surface area contributed by atoms with Crippen LogP contribution in [0.1, 0.15) is 34.8 Å². The molecule has 1 saturated carbocycles. The van der Waals surface area contributed by atoms with Gasteiger partial charge in [0.05, 0.1) is 23.1 Å². The lowest BCUT2D eigenvalue weighted by Gasteiger charge is -2.19. The topological polar surface area (TPSA) is 92.8 Å². The number of carbonyl (C=O) groups is 4. The van der Waals surface area contributed by atoms with Crippen LogP contribution in [0, 0.1) is 37.5 Å². The van der Waals surface area contributed by atoms with Crippen molar-refractivity contribution in [2.24, 2.45) is 23.7 Å². The minimum atomic E-state index is -0.699. The number of ether oxygens (including phenoxy) is 1. The summed E-state index contributed by atoms with van der Waals surface area (Å²) in [4.78, 5) is 52.5. The number of imide groups is 1. The quantitative estimate of drug-likeness (QED) is 0.418. The number of para-hydroxylation sites is 1. The van der Waals surface area contributed by atoms with Gasteiger partial charge >= 0.3 is 5.97 Å². The summed E-state index contributed by atoms with van der Waals surface area (Å²) < 4.78 is 5.20. The van der Waals surface area contributed by atoms with Crippen LogP contribution in [0.3, 0.4) is 0 Å². The molecule has 0 unspecified atom stereocenters. The van der Waals surface area contributed by atoms with Crippen molar-refractivity contribution in [2.75, 3.05) is 16.8 Å². The van der Waals surface area contributed by atoms with Crippen LogP contribution in [-0.2, 0) is 19.1 Å². The number of fused-ring (bicyclic) bond motifs is 5. The number of amides is 3. The Bertz CT molecular complexity index is 1240. The van der Waals surface area contributed by atoms with Crippen LogP contribution in [0.5, 0.6) is 0 Å². The second-order valence-electron chi connectivity index (χ2n) is 9.42. The van der Waals surface area contributed by atoms with Gasteiger partial charge in [0.2, 0.25) is 11.8 Å².